The minimum atomic E-state index is 0.374. The maximum Gasteiger partial charge on any atom is 0.176 e. The third kappa shape index (κ3) is 1.50. The van der Waals surface area contributed by atoms with E-state index in [0.717, 1.165) is 36.8 Å². The molecule has 4 rings (SSSR count). The predicted molar refractivity (Wildman–Crippen MR) is 75.4 cm³/mol. The zero-order valence-corrected chi connectivity index (χ0v) is 13.1. The van der Waals surface area contributed by atoms with Crippen molar-refractivity contribution in [2.45, 2.75) is 19.3 Å². The first-order valence-corrected chi connectivity index (χ1v) is 8.56. The number of halogens is 2. The number of rotatable bonds is 2. The van der Waals surface area contributed by atoms with E-state index in [4.69, 9.17) is 0 Å². The molecule has 0 aromatic carbocycles. The number of hydrogen-bond acceptors (Lipinski definition) is 2. The Morgan fingerprint density at radius 3 is 2.41 bits per heavy atom. The molecule has 1 nitrogen and oxygen atoms in total. The van der Waals surface area contributed by atoms with Crippen LogP contribution in [0.25, 0.3) is 0 Å². The van der Waals surface area contributed by atoms with Crippen molar-refractivity contribution in [1.82, 2.24) is 0 Å². The van der Waals surface area contributed by atoms with Crippen LogP contribution in [0.4, 0.5) is 0 Å². The van der Waals surface area contributed by atoms with Crippen LogP contribution in [-0.4, -0.2) is 5.78 Å². The number of fused-ring (bicyclic) bond motifs is 5. The summed E-state index contributed by atoms with van der Waals surface area (Å²) in [5, 5.41) is 0. The fourth-order valence-corrected chi connectivity index (χ4v) is 6.33. The van der Waals surface area contributed by atoms with Crippen molar-refractivity contribution in [3.63, 3.8) is 0 Å². The zero-order valence-electron chi connectivity index (χ0n) is 9.16. The first kappa shape index (κ1) is 11.2. The molecule has 0 aliphatic heterocycles. The van der Waals surface area contributed by atoms with Crippen molar-refractivity contribution >= 4 is 49.0 Å². The lowest BCUT2D eigenvalue weighted by atomic mass is 9.99. The number of ketones is 1. The van der Waals surface area contributed by atoms with Gasteiger partial charge in [0.2, 0.25) is 0 Å². The Labute approximate surface area is 121 Å². The molecule has 0 spiro atoms. The highest BCUT2D eigenvalue weighted by Gasteiger charge is 2.67. The first-order chi connectivity index (χ1) is 8.16. The summed E-state index contributed by atoms with van der Waals surface area (Å²) in [7, 11) is 0. The summed E-state index contributed by atoms with van der Waals surface area (Å²) < 4.78 is 2.05. The molecule has 4 unspecified atom stereocenters. The molecule has 1 heterocycles. The number of carbonyl (C=O) groups excluding carboxylic acids is 1. The van der Waals surface area contributed by atoms with E-state index >= 15 is 0 Å². The number of hydrogen-bond donors (Lipinski definition) is 0. The lowest BCUT2D eigenvalue weighted by Crippen LogP contribution is -2.08. The third-order valence-corrected chi connectivity index (χ3v) is 8.20. The maximum absolute atomic E-state index is 12.5. The van der Waals surface area contributed by atoms with E-state index in [1.165, 1.54) is 19.3 Å². The lowest BCUT2D eigenvalue weighted by Gasteiger charge is -2.06. The van der Waals surface area contributed by atoms with Gasteiger partial charge in [0, 0.05) is 10.4 Å². The van der Waals surface area contributed by atoms with Gasteiger partial charge in [-0.3, -0.25) is 4.79 Å². The molecule has 3 saturated carbocycles. The molecular weight excluding hydrogens is 364 g/mol. The molecule has 0 radical (unpaired) electrons. The Balaban J connectivity index is 1.60. The standard InChI is InChI=1S/C13H12Br2OS/c14-7-4-8(17-13(7)15)12(16)11-9-5-1-2-6(3-5)10(9)11/h4-6,9-11H,1-3H2. The molecule has 17 heavy (non-hydrogen) atoms. The van der Waals surface area contributed by atoms with Crippen molar-refractivity contribution in [2.24, 2.45) is 29.6 Å². The first-order valence-electron chi connectivity index (χ1n) is 6.16. The second kappa shape index (κ2) is 3.67. The second-order valence-electron chi connectivity index (χ2n) is 5.61. The molecule has 4 atom stereocenters. The van der Waals surface area contributed by atoms with Crippen LogP contribution in [0.15, 0.2) is 14.3 Å². The van der Waals surface area contributed by atoms with Gasteiger partial charge in [-0.25, -0.2) is 0 Å². The van der Waals surface area contributed by atoms with Gasteiger partial charge in [-0.1, -0.05) is 0 Å². The molecule has 90 valence electrons. The zero-order chi connectivity index (χ0) is 11.7. The Kier molecular flexibility index (Phi) is 2.41. The summed E-state index contributed by atoms with van der Waals surface area (Å²) in [5.74, 6) is 4.05. The van der Waals surface area contributed by atoms with E-state index in [1.54, 1.807) is 11.3 Å². The molecule has 3 aliphatic carbocycles. The van der Waals surface area contributed by atoms with E-state index in [9.17, 15) is 4.79 Å². The molecule has 0 saturated heterocycles. The summed E-state index contributed by atoms with van der Waals surface area (Å²) in [6.45, 7) is 0. The predicted octanol–water partition coefficient (Wildman–Crippen LogP) is 4.75. The minimum absolute atomic E-state index is 0.374. The minimum Gasteiger partial charge on any atom is -0.293 e. The summed E-state index contributed by atoms with van der Waals surface area (Å²) in [5.41, 5.74) is 0. The van der Waals surface area contributed by atoms with Crippen LogP contribution in [0, 0.1) is 29.6 Å². The maximum atomic E-state index is 12.5. The average molecular weight is 376 g/mol. The molecule has 4 heteroatoms. The molecule has 0 N–H and O–H groups in total. The second-order valence-corrected chi connectivity index (χ2v) is 8.83. The highest BCUT2D eigenvalue weighted by Crippen LogP contribution is 2.70. The van der Waals surface area contributed by atoms with Crippen molar-refractivity contribution in [1.29, 1.82) is 0 Å². The Hall–Kier alpha value is 0.330. The van der Waals surface area contributed by atoms with Crippen LogP contribution in [0.5, 0.6) is 0 Å². The van der Waals surface area contributed by atoms with Crippen LogP contribution in [0.2, 0.25) is 0 Å². The smallest absolute Gasteiger partial charge is 0.176 e. The molecule has 0 amide bonds. The molecule has 1 aromatic heterocycles. The van der Waals surface area contributed by atoms with E-state index in [1.807, 2.05) is 6.07 Å². The quantitative estimate of drug-likeness (QED) is 0.681. The normalized spacial score (nSPS) is 41.6. The van der Waals surface area contributed by atoms with Gasteiger partial charge in [0.05, 0.1) is 8.66 Å². The molecule has 2 bridgehead atoms. The van der Waals surface area contributed by atoms with Gasteiger partial charge in [0.25, 0.3) is 0 Å². The van der Waals surface area contributed by atoms with Crippen LogP contribution in [0.1, 0.15) is 28.9 Å². The van der Waals surface area contributed by atoms with Gasteiger partial charge in [0.1, 0.15) is 0 Å². The van der Waals surface area contributed by atoms with Crippen LogP contribution in [-0.2, 0) is 0 Å². The van der Waals surface area contributed by atoms with E-state index in [0.29, 0.717) is 11.7 Å². The fraction of sp³-hybridized carbons (Fsp3) is 0.615. The molecule has 3 fully saturated rings. The number of thiophene rings is 1. The Morgan fingerprint density at radius 1 is 1.24 bits per heavy atom. The molecule has 1 aromatic rings. The summed E-state index contributed by atoms with van der Waals surface area (Å²) in [4.78, 5) is 13.4. The highest BCUT2D eigenvalue weighted by molar-refractivity contribution is 9.13. The van der Waals surface area contributed by atoms with Crippen molar-refractivity contribution in [2.75, 3.05) is 0 Å². The number of Topliss-reactive ketones (excluding diaryl/α,β-unsaturated/α-hetero) is 1. The number of carbonyl (C=O) groups is 1. The van der Waals surface area contributed by atoms with E-state index in [-0.39, 0.29) is 0 Å². The highest BCUT2D eigenvalue weighted by atomic mass is 79.9. The van der Waals surface area contributed by atoms with Gasteiger partial charge in [-0.05, 0) is 80.9 Å². The van der Waals surface area contributed by atoms with Crippen molar-refractivity contribution in [3.8, 4) is 0 Å². The average Bonchev–Trinajstić information content (AvgIpc) is 2.60. The van der Waals surface area contributed by atoms with Crippen LogP contribution < -0.4 is 0 Å². The van der Waals surface area contributed by atoms with Gasteiger partial charge in [-0.2, -0.15) is 0 Å². The largest absolute Gasteiger partial charge is 0.293 e. The molecule has 3 aliphatic rings. The Morgan fingerprint density at radius 2 is 1.88 bits per heavy atom. The summed E-state index contributed by atoms with van der Waals surface area (Å²) >= 11 is 8.51. The van der Waals surface area contributed by atoms with Crippen molar-refractivity contribution < 1.29 is 4.79 Å². The summed E-state index contributed by atoms with van der Waals surface area (Å²) in [6.07, 6.45) is 4.18. The fourth-order valence-electron chi connectivity index (χ4n) is 4.31. The summed E-state index contributed by atoms with van der Waals surface area (Å²) in [6, 6.07) is 1.98. The van der Waals surface area contributed by atoms with Gasteiger partial charge in [-0.15, -0.1) is 11.3 Å². The lowest BCUT2D eigenvalue weighted by molar-refractivity contribution is 0.0948. The SMILES string of the molecule is O=C(c1cc(Br)c(Br)s1)C1C2C3CCC(C3)C12. The van der Waals surface area contributed by atoms with E-state index < -0.39 is 0 Å². The van der Waals surface area contributed by atoms with Crippen molar-refractivity contribution in [3.05, 3.63) is 19.2 Å². The van der Waals surface area contributed by atoms with Gasteiger partial charge in [0.15, 0.2) is 5.78 Å². The van der Waals surface area contributed by atoms with E-state index in [2.05, 4.69) is 31.9 Å². The Bertz CT molecular complexity index is 474. The van der Waals surface area contributed by atoms with Crippen LogP contribution >= 0.6 is 43.2 Å². The monoisotopic (exact) mass is 374 g/mol. The van der Waals surface area contributed by atoms with Gasteiger partial charge < -0.3 is 0 Å². The molecular formula is C13H12Br2OS. The topological polar surface area (TPSA) is 17.1 Å². The van der Waals surface area contributed by atoms with Crippen LogP contribution in [0.3, 0.4) is 0 Å². The third-order valence-electron chi connectivity index (χ3n) is 4.93. The van der Waals surface area contributed by atoms with Gasteiger partial charge >= 0.3 is 0 Å².